The van der Waals surface area contributed by atoms with Crippen LogP contribution >= 0.6 is 7.75 Å². The minimum atomic E-state index is -3.39. The van der Waals surface area contributed by atoms with Crippen LogP contribution in [0.15, 0.2) is 42.5 Å². The molecule has 0 radical (unpaired) electrons. The van der Waals surface area contributed by atoms with Gasteiger partial charge in [0.2, 0.25) is 0 Å². The highest BCUT2D eigenvalue weighted by atomic mass is 31.2. The molecule has 8 heteroatoms. The first-order valence-corrected chi connectivity index (χ1v) is 12.9. The Morgan fingerprint density at radius 3 is 2.28 bits per heavy atom. The van der Waals surface area contributed by atoms with E-state index in [2.05, 4.69) is 15.7 Å². The average molecular weight is 458 g/mol. The standard InChI is InChI=1S/C24H32N3O4P/c1-4-29-20-14-15-22-21(16-20)23(25)24(27(22)19-8-7-9-19)17-10-12-18(13-11-17)26-32(28,30-5-2)31-6-3/h10-16,19H,4-9,25H2,1-3H3,(H,26,28). The predicted molar refractivity (Wildman–Crippen MR) is 130 cm³/mol. The number of nitrogen functional groups attached to an aromatic ring is 1. The van der Waals surface area contributed by atoms with Crippen LogP contribution in [0.1, 0.15) is 46.1 Å². The Balaban J connectivity index is 1.72. The molecule has 0 atom stereocenters. The van der Waals surface area contributed by atoms with Gasteiger partial charge in [-0.3, -0.25) is 14.1 Å². The van der Waals surface area contributed by atoms with Crippen LogP contribution in [-0.4, -0.2) is 24.4 Å². The molecule has 1 aliphatic rings. The number of aromatic nitrogens is 1. The quantitative estimate of drug-likeness (QED) is 0.333. The molecule has 1 saturated carbocycles. The van der Waals surface area contributed by atoms with Crippen molar-refractivity contribution in [3.05, 3.63) is 42.5 Å². The number of rotatable bonds is 10. The Morgan fingerprint density at radius 1 is 1.03 bits per heavy atom. The van der Waals surface area contributed by atoms with Gasteiger partial charge in [-0.1, -0.05) is 12.1 Å². The third kappa shape index (κ3) is 4.38. The van der Waals surface area contributed by atoms with E-state index in [1.54, 1.807) is 13.8 Å². The summed E-state index contributed by atoms with van der Waals surface area (Å²) >= 11 is 0. The van der Waals surface area contributed by atoms with Crippen molar-refractivity contribution in [2.45, 2.75) is 46.1 Å². The molecule has 0 unspecified atom stereocenters. The third-order valence-electron chi connectivity index (χ3n) is 5.79. The molecule has 2 aromatic carbocycles. The lowest BCUT2D eigenvalue weighted by atomic mass is 9.92. The van der Waals surface area contributed by atoms with Crippen LogP contribution in [0.5, 0.6) is 5.75 Å². The molecule has 7 nitrogen and oxygen atoms in total. The molecule has 0 amide bonds. The number of ether oxygens (including phenoxy) is 1. The van der Waals surface area contributed by atoms with Gasteiger partial charge in [0.15, 0.2) is 0 Å². The van der Waals surface area contributed by atoms with Gasteiger partial charge in [-0.15, -0.1) is 0 Å². The summed E-state index contributed by atoms with van der Waals surface area (Å²) in [6.45, 7) is 6.76. The van der Waals surface area contributed by atoms with E-state index in [4.69, 9.17) is 19.5 Å². The summed E-state index contributed by atoms with van der Waals surface area (Å²) in [7, 11) is -3.39. The molecule has 32 heavy (non-hydrogen) atoms. The highest BCUT2D eigenvalue weighted by Gasteiger charge is 2.27. The summed E-state index contributed by atoms with van der Waals surface area (Å²) in [6.07, 6.45) is 3.53. The van der Waals surface area contributed by atoms with Gasteiger partial charge >= 0.3 is 7.75 Å². The number of nitrogens with two attached hydrogens (primary N) is 1. The van der Waals surface area contributed by atoms with E-state index in [0.29, 0.717) is 31.5 Å². The van der Waals surface area contributed by atoms with Gasteiger partial charge < -0.3 is 15.0 Å². The highest BCUT2D eigenvalue weighted by molar-refractivity contribution is 7.55. The van der Waals surface area contributed by atoms with Crippen LogP contribution in [0.3, 0.4) is 0 Å². The molecule has 3 aromatic rings. The molecule has 1 aromatic heterocycles. The molecule has 4 rings (SSSR count). The highest BCUT2D eigenvalue weighted by Crippen LogP contribution is 2.48. The van der Waals surface area contributed by atoms with Crippen molar-refractivity contribution >= 4 is 30.0 Å². The van der Waals surface area contributed by atoms with Crippen molar-refractivity contribution in [1.29, 1.82) is 0 Å². The maximum atomic E-state index is 12.8. The van der Waals surface area contributed by atoms with Crippen LogP contribution in [0.2, 0.25) is 0 Å². The van der Waals surface area contributed by atoms with E-state index in [-0.39, 0.29) is 0 Å². The summed E-state index contributed by atoms with van der Waals surface area (Å²) in [5.41, 5.74) is 11.3. The normalized spacial score (nSPS) is 14.5. The van der Waals surface area contributed by atoms with Gasteiger partial charge in [0.25, 0.3) is 0 Å². The van der Waals surface area contributed by atoms with Crippen LogP contribution < -0.4 is 15.6 Å². The molecule has 0 saturated heterocycles. The van der Waals surface area contributed by atoms with Gasteiger partial charge in [-0.2, -0.15) is 0 Å². The smallest absolute Gasteiger partial charge is 0.432 e. The van der Waals surface area contributed by atoms with Gasteiger partial charge in [0, 0.05) is 22.7 Å². The first-order valence-electron chi connectivity index (χ1n) is 11.3. The van der Waals surface area contributed by atoms with Crippen molar-refractivity contribution in [3.8, 4) is 17.0 Å². The zero-order valence-corrected chi connectivity index (χ0v) is 19.9. The largest absolute Gasteiger partial charge is 0.494 e. The lowest BCUT2D eigenvalue weighted by Gasteiger charge is -2.30. The lowest BCUT2D eigenvalue weighted by Crippen LogP contribution is -2.17. The van der Waals surface area contributed by atoms with Gasteiger partial charge in [-0.05, 0) is 70.4 Å². The van der Waals surface area contributed by atoms with Crippen LogP contribution in [0.4, 0.5) is 11.4 Å². The first-order chi connectivity index (χ1) is 15.5. The molecule has 172 valence electrons. The Hall–Kier alpha value is -2.47. The number of fused-ring (bicyclic) bond motifs is 1. The second-order valence-electron chi connectivity index (χ2n) is 7.85. The minimum absolute atomic E-state index is 0.296. The molecule has 0 bridgehead atoms. The number of nitrogens with zero attached hydrogens (tertiary/aromatic N) is 1. The monoisotopic (exact) mass is 457 g/mol. The Labute approximate surface area is 189 Å². The van der Waals surface area contributed by atoms with Gasteiger partial charge in [0.05, 0.1) is 36.7 Å². The second-order valence-corrected chi connectivity index (χ2v) is 9.59. The van der Waals surface area contributed by atoms with Crippen molar-refractivity contribution < 1.29 is 18.3 Å². The molecule has 1 fully saturated rings. The maximum Gasteiger partial charge on any atom is 0.432 e. The summed E-state index contributed by atoms with van der Waals surface area (Å²) in [5.74, 6) is 0.825. The molecule has 1 aliphatic carbocycles. The Bertz CT molecular complexity index is 1110. The molecule has 0 aliphatic heterocycles. The number of hydrogen-bond acceptors (Lipinski definition) is 5. The number of hydrogen-bond donors (Lipinski definition) is 2. The zero-order valence-electron chi connectivity index (χ0n) is 19.0. The van der Waals surface area contributed by atoms with Crippen molar-refractivity contribution in [3.63, 3.8) is 0 Å². The number of anilines is 2. The summed E-state index contributed by atoms with van der Waals surface area (Å²) in [6, 6.07) is 14.3. The van der Waals surface area contributed by atoms with E-state index >= 15 is 0 Å². The van der Waals surface area contributed by atoms with E-state index < -0.39 is 7.75 Å². The molecule has 0 spiro atoms. The minimum Gasteiger partial charge on any atom is -0.494 e. The number of nitrogens with one attached hydrogen (secondary N) is 1. The summed E-state index contributed by atoms with van der Waals surface area (Å²) < 4.78 is 31.5. The van der Waals surface area contributed by atoms with Crippen molar-refractivity contribution in [2.75, 3.05) is 30.6 Å². The summed E-state index contributed by atoms with van der Waals surface area (Å²) in [5, 5.41) is 3.93. The fourth-order valence-electron chi connectivity index (χ4n) is 4.20. The molecular formula is C24H32N3O4P. The SMILES string of the molecule is CCOc1ccc2c(c1)c(N)c(-c1ccc(NP(=O)(OCC)OCC)cc1)n2C1CCC1. The fraction of sp³-hybridized carbons (Fsp3) is 0.417. The number of benzene rings is 2. The van der Waals surface area contributed by atoms with Gasteiger partial charge in [-0.25, -0.2) is 4.57 Å². The van der Waals surface area contributed by atoms with Crippen LogP contribution in [0.25, 0.3) is 22.2 Å². The van der Waals surface area contributed by atoms with E-state index in [9.17, 15) is 4.57 Å². The molecular weight excluding hydrogens is 425 g/mol. The fourth-order valence-corrected chi connectivity index (χ4v) is 5.55. The van der Waals surface area contributed by atoms with E-state index in [1.807, 2.05) is 43.3 Å². The molecule has 3 N–H and O–H groups in total. The first kappa shape index (κ1) is 22.7. The lowest BCUT2D eigenvalue weighted by molar-refractivity contribution is 0.225. The van der Waals surface area contributed by atoms with Crippen LogP contribution in [0, 0.1) is 0 Å². The van der Waals surface area contributed by atoms with Crippen LogP contribution in [-0.2, 0) is 13.6 Å². The van der Waals surface area contributed by atoms with E-state index in [1.165, 1.54) is 6.42 Å². The summed E-state index contributed by atoms with van der Waals surface area (Å²) in [4.78, 5) is 0. The van der Waals surface area contributed by atoms with Crippen molar-refractivity contribution in [1.82, 2.24) is 4.57 Å². The van der Waals surface area contributed by atoms with E-state index in [0.717, 1.165) is 46.4 Å². The Kier molecular flexibility index (Phi) is 6.79. The Morgan fingerprint density at radius 2 is 1.72 bits per heavy atom. The topological polar surface area (TPSA) is 87.7 Å². The maximum absolute atomic E-state index is 12.8. The van der Waals surface area contributed by atoms with Gasteiger partial charge in [0.1, 0.15) is 5.75 Å². The van der Waals surface area contributed by atoms with Crippen molar-refractivity contribution in [2.24, 2.45) is 0 Å². The second kappa shape index (κ2) is 9.57. The average Bonchev–Trinajstić information content (AvgIpc) is 3.00. The molecule has 1 heterocycles. The predicted octanol–water partition coefficient (Wildman–Crippen LogP) is 6.61. The zero-order chi connectivity index (χ0) is 22.7. The third-order valence-corrected chi connectivity index (χ3v) is 7.52.